The molecule has 0 atom stereocenters. The maximum Gasteiger partial charge on any atom is 0.301 e. The molecule has 0 aliphatic carbocycles. The highest BCUT2D eigenvalue weighted by atomic mass is 79.9. The van der Waals surface area contributed by atoms with Crippen molar-refractivity contribution < 1.29 is 8.42 Å². The number of benzene rings is 1. The second-order valence-electron chi connectivity index (χ2n) is 4.34. The molecular weight excluding hydrogens is 378 g/mol. The van der Waals surface area contributed by atoms with E-state index >= 15 is 0 Å². The molecule has 21 heavy (non-hydrogen) atoms. The summed E-state index contributed by atoms with van der Waals surface area (Å²) in [5.74, 6) is 0. The van der Waals surface area contributed by atoms with E-state index < -0.39 is 10.2 Å². The first-order chi connectivity index (χ1) is 9.88. The Hall–Kier alpha value is -1.15. The fourth-order valence-electron chi connectivity index (χ4n) is 1.64. The third kappa shape index (κ3) is 4.41. The Morgan fingerprint density at radius 3 is 2.67 bits per heavy atom. The highest BCUT2D eigenvalue weighted by Gasteiger charge is 2.19. The van der Waals surface area contributed by atoms with Crippen molar-refractivity contribution in [2.75, 3.05) is 11.8 Å². The van der Waals surface area contributed by atoms with Gasteiger partial charge in [0.25, 0.3) is 0 Å². The van der Waals surface area contributed by atoms with Crippen molar-refractivity contribution in [1.82, 2.24) is 9.29 Å². The lowest BCUT2D eigenvalue weighted by Gasteiger charge is -2.18. The van der Waals surface area contributed by atoms with Crippen molar-refractivity contribution in [3.05, 3.63) is 57.8 Å². The largest absolute Gasteiger partial charge is 0.301 e. The summed E-state index contributed by atoms with van der Waals surface area (Å²) in [7, 11) is -2.22. The van der Waals surface area contributed by atoms with Gasteiger partial charge in [-0.05, 0) is 27.6 Å². The first kappa shape index (κ1) is 16.2. The number of nitrogens with one attached hydrogen (secondary N) is 1. The number of nitrogens with zero attached hydrogens (tertiary/aromatic N) is 2. The van der Waals surface area contributed by atoms with E-state index in [9.17, 15) is 8.42 Å². The molecule has 5 nitrogen and oxygen atoms in total. The Morgan fingerprint density at radius 2 is 2.00 bits per heavy atom. The minimum Gasteiger partial charge on any atom is -0.268 e. The standard InChI is InChI=1S/C13H13BrClN3O2S/c1-18(9-10-5-3-2-4-6-10)21(19,20)17-12-7-11(14)8-16-13(12)15/h2-8,17H,9H2,1H3. The molecule has 0 spiro atoms. The van der Waals surface area contributed by atoms with Crippen molar-refractivity contribution in [1.29, 1.82) is 0 Å². The number of rotatable bonds is 5. The SMILES string of the molecule is CN(Cc1ccccc1)S(=O)(=O)Nc1cc(Br)cnc1Cl. The zero-order valence-electron chi connectivity index (χ0n) is 11.1. The van der Waals surface area contributed by atoms with Gasteiger partial charge in [0.2, 0.25) is 0 Å². The molecule has 1 N–H and O–H groups in total. The van der Waals surface area contributed by atoms with E-state index in [4.69, 9.17) is 11.6 Å². The van der Waals surface area contributed by atoms with Gasteiger partial charge < -0.3 is 0 Å². The molecule has 0 radical (unpaired) electrons. The van der Waals surface area contributed by atoms with Crippen LogP contribution in [0.1, 0.15) is 5.56 Å². The zero-order valence-corrected chi connectivity index (χ0v) is 14.3. The summed E-state index contributed by atoms with van der Waals surface area (Å²) in [5.41, 5.74) is 1.12. The van der Waals surface area contributed by atoms with Gasteiger partial charge >= 0.3 is 10.2 Å². The van der Waals surface area contributed by atoms with Crippen LogP contribution in [0.15, 0.2) is 47.1 Å². The molecule has 0 aliphatic heterocycles. The van der Waals surface area contributed by atoms with Crippen LogP contribution in [0.4, 0.5) is 5.69 Å². The monoisotopic (exact) mass is 389 g/mol. The lowest BCUT2D eigenvalue weighted by Crippen LogP contribution is -2.32. The van der Waals surface area contributed by atoms with Crippen molar-refractivity contribution in [2.24, 2.45) is 0 Å². The Morgan fingerprint density at radius 1 is 1.33 bits per heavy atom. The molecular formula is C13H13BrClN3O2S. The van der Waals surface area contributed by atoms with Crippen molar-refractivity contribution in [3.63, 3.8) is 0 Å². The third-order valence-electron chi connectivity index (χ3n) is 2.70. The Kier molecular flexibility index (Phi) is 5.21. The minimum absolute atomic E-state index is 0.0925. The van der Waals surface area contributed by atoms with Gasteiger partial charge in [-0.15, -0.1) is 0 Å². The Balaban J connectivity index is 2.16. The van der Waals surface area contributed by atoms with E-state index in [1.807, 2.05) is 30.3 Å². The molecule has 112 valence electrons. The van der Waals surface area contributed by atoms with Gasteiger partial charge in [-0.1, -0.05) is 41.9 Å². The van der Waals surface area contributed by atoms with Crippen LogP contribution in [0, 0.1) is 0 Å². The molecule has 1 aromatic heterocycles. The maximum atomic E-state index is 12.3. The van der Waals surface area contributed by atoms with Crippen molar-refractivity contribution >= 4 is 43.4 Å². The number of halogens is 2. The topological polar surface area (TPSA) is 62.3 Å². The summed E-state index contributed by atoms with van der Waals surface area (Å²) >= 11 is 9.11. The molecule has 8 heteroatoms. The van der Waals surface area contributed by atoms with Gasteiger partial charge in [-0.3, -0.25) is 4.72 Å². The number of aromatic nitrogens is 1. The van der Waals surface area contributed by atoms with E-state index in [1.165, 1.54) is 17.5 Å². The number of hydrogen-bond donors (Lipinski definition) is 1. The molecule has 0 amide bonds. The summed E-state index contributed by atoms with van der Waals surface area (Å²) < 4.78 is 28.8. The van der Waals surface area contributed by atoms with Crippen LogP contribution in [0.25, 0.3) is 0 Å². The molecule has 0 saturated heterocycles. The first-order valence-corrected chi connectivity index (χ1v) is 8.58. The van der Waals surface area contributed by atoms with E-state index in [1.54, 1.807) is 6.07 Å². The third-order valence-corrected chi connectivity index (χ3v) is 4.87. The summed E-state index contributed by atoms with van der Waals surface area (Å²) in [5, 5.41) is 0.0925. The minimum atomic E-state index is -3.71. The highest BCUT2D eigenvalue weighted by molar-refractivity contribution is 9.10. The molecule has 0 unspecified atom stereocenters. The normalized spacial score (nSPS) is 11.6. The van der Waals surface area contributed by atoms with Gasteiger partial charge in [0, 0.05) is 24.3 Å². The quantitative estimate of drug-likeness (QED) is 0.797. The smallest absolute Gasteiger partial charge is 0.268 e. The number of hydrogen-bond acceptors (Lipinski definition) is 3. The molecule has 0 aliphatic rings. The number of pyridine rings is 1. The second-order valence-corrected chi connectivity index (χ2v) is 7.39. The van der Waals surface area contributed by atoms with Gasteiger partial charge in [-0.25, -0.2) is 4.98 Å². The highest BCUT2D eigenvalue weighted by Crippen LogP contribution is 2.24. The molecule has 0 fully saturated rings. The van der Waals surface area contributed by atoms with Crippen LogP contribution in [-0.2, 0) is 16.8 Å². The summed E-state index contributed by atoms with van der Waals surface area (Å²) in [6.07, 6.45) is 1.49. The molecule has 2 rings (SSSR count). The fraction of sp³-hybridized carbons (Fsp3) is 0.154. The molecule has 2 aromatic rings. The lowest BCUT2D eigenvalue weighted by atomic mass is 10.2. The number of anilines is 1. The summed E-state index contributed by atoms with van der Waals surface area (Å²) in [6, 6.07) is 10.9. The summed E-state index contributed by atoms with van der Waals surface area (Å²) in [4.78, 5) is 3.88. The van der Waals surface area contributed by atoms with Crippen LogP contribution >= 0.6 is 27.5 Å². The Labute approximate surface area is 137 Å². The van der Waals surface area contributed by atoms with Crippen LogP contribution in [-0.4, -0.2) is 24.8 Å². The van der Waals surface area contributed by atoms with Gasteiger partial charge in [0.1, 0.15) is 0 Å². The van der Waals surface area contributed by atoms with Gasteiger partial charge in [-0.2, -0.15) is 12.7 Å². The molecule has 0 bridgehead atoms. The van der Waals surface area contributed by atoms with Gasteiger partial charge in [0.15, 0.2) is 5.15 Å². The molecule has 0 saturated carbocycles. The van der Waals surface area contributed by atoms with Crippen LogP contribution in [0.3, 0.4) is 0 Å². The first-order valence-electron chi connectivity index (χ1n) is 5.97. The Bertz CT molecular complexity index is 725. The van der Waals surface area contributed by atoms with Crippen LogP contribution in [0.2, 0.25) is 5.15 Å². The van der Waals surface area contributed by atoms with Crippen LogP contribution in [0.5, 0.6) is 0 Å². The van der Waals surface area contributed by atoms with Crippen LogP contribution < -0.4 is 4.72 Å². The molecule has 1 heterocycles. The van der Waals surface area contributed by atoms with Gasteiger partial charge in [0.05, 0.1) is 5.69 Å². The van der Waals surface area contributed by atoms with Crippen molar-refractivity contribution in [2.45, 2.75) is 6.54 Å². The second kappa shape index (κ2) is 6.74. The lowest BCUT2D eigenvalue weighted by molar-refractivity contribution is 0.471. The van der Waals surface area contributed by atoms with E-state index in [2.05, 4.69) is 25.6 Å². The predicted octanol–water partition coefficient (Wildman–Crippen LogP) is 3.29. The van der Waals surface area contributed by atoms with E-state index in [0.29, 0.717) is 4.47 Å². The maximum absolute atomic E-state index is 12.3. The zero-order chi connectivity index (χ0) is 15.5. The summed E-state index contributed by atoms with van der Waals surface area (Å²) in [6.45, 7) is 0.259. The average Bonchev–Trinajstić information content (AvgIpc) is 2.43. The van der Waals surface area contributed by atoms with E-state index in [0.717, 1.165) is 5.56 Å². The molecule has 1 aromatic carbocycles. The van der Waals surface area contributed by atoms with E-state index in [-0.39, 0.29) is 17.4 Å². The fourth-order valence-corrected chi connectivity index (χ4v) is 3.08. The van der Waals surface area contributed by atoms with Crippen molar-refractivity contribution in [3.8, 4) is 0 Å². The average molecular weight is 391 g/mol. The predicted molar refractivity (Wildman–Crippen MR) is 87.4 cm³/mol.